The summed E-state index contributed by atoms with van der Waals surface area (Å²) in [6.07, 6.45) is 3.30. The molecule has 1 aromatic rings. The number of benzene rings is 1. The minimum Gasteiger partial charge on any atom is -0.387 e. The van der Waals surface area contributed by atoms with Crippen LogP contribution in [0.5, 0.6) is 0 Å². The van der Waals surface area contributed by atoms with Gasteiger partial charge in [-0.15, -0.1) is 0 Å². The lowest BCUT2D eigenvalue weighted by atomic mass is 10.1. The summed E-state index contributed by atoms with van der Waals surface area (Å²) in [6, 6.07) is 8.48. The van der Waals surface area contributed by atoms with Crippen LogP contribution < -0.4 is 0 Å². The summed E-state index contributed by atoms with van der Waals surface area (Å²) in [4.78, 5) is 2.39. The molecule has 0 saturated carbocycles. The van der Waals surface area contributed by atoms with E-state index in [9.17, 15) is 5.11 Å². The van der Waals surface area contributed by atoms with Crippen molar-refractivity contribution in [2.45, 2.75) is 44.4 Å². The van der Waals surface area contributed by atoms with Gasteiger partial charge in [-0.3, -0.25) is 4.90 Å². The Balaban J connectivity index is 1.71. The first-order valence-corrected chi connectivity index (χ1v) is 7.41. The number of nitrogens with zero attached hydrogens (tertiary/aromatic N) is 1. The summed E-state index contributed by atoms with van der Waals surface area (Å²) >= 11 is 0. The van der Waals surface area contributed by atoms with E-state index in [-0.39, 0.29) is 12.1 Å². The zero-order valence-electron chi connectivity index (χ0n) is 11.6. The first-order chi connectivity index (χ1) is 9.29. The maximum Gasteiger partial charge on any atom is 0.0951 e. The normalized spacial score (nSPS) is 29.9. The Kier molecular flexibility index (Phi) is 3.87. The summed E-state index contributed by atoms with van der Waals surface area (Å²) in [6.45, 7) is 4.99. The third-order valence-electron chi connectivity index (χ3n) is 4.50. The molecule has 3 unspecified atom stereocenters. The van der Waals surface area contributed by atoms with Crippen molar-refractivity contribution in [3.63, 3.8) is 0 Å². The van der Waals surface area contributed by atoms with Crippen molar-refractivity contribution in [2.75, 3.05) is 19.7 Å². The van der Waals surface area contributed by atoms with E-state index in [0.29, 0.717) is 6.10 Å². The number of hydrogen-bond donors (Lipinski definition) is 1. The van der Waals surface area contributed by atoms with Gasteiger partial charge in [-0.05, 0) is 36.9 Å². The lowest BCUT2D eigenvalue weighted by Gasteiger charge is -2.31. The molecule has 3 nitrogen and oxygen atoms in total. The molecule has 3 heteroatoms. The molecule has 3 rings (SSSR count). The lowest BCUT2D eigenvalue weighted by Crippen LogP contribution is -2.42. The van der Waals surface area contributed by atoms with Gasteiger partial charge in [0, 0.05) is 19.2 Å². The van der Waals surface area contributed by atoms with E-state index in [0.717, 1.165) is 38.1 Å². The highest BCUT2D eigenvalue weighted by molar-refractivity contribution is 5.35. The molecule has 0 aromatic heterocycles. The maximum atomic E-state index is 10.5. The van der Waals surface area contributed by atoms with E-state index in [2.05, 4.69) is 30.0 Å². The molecule has 19 heavy (non-hydrogen) atoms. The molecule has 1 fully saturated rings. The minimum atomic E-state index is -0.349. The van der Waals surface area contributed by atoms with Gasteiger partial charge in [-0.1, -0.05) is 31.2 Å². The smallest absolute Gasteiger partial charge is 0.0951 e. The molecule has 1 aromatic carbocycles. The van der Waals surface area contributed by atoms with E-state index in [1.165, 1.54) is 12.0 Å². The zero-order chi connectivity index (χ0) is 13.2. The van der Waals surface area contributed by atoms with Gasteiger partial charge in [0.1, 0.15) is 0 Å². The molecule has 0 bridgehead atoms. The first-order valence-electron chi connectivity index (χ1n) is 7.41. The number of rotatable bonds is 4. The van der Waals surface area contributed by atoms with Gasteiger partial charge in [0.2, 0.25) is 0 Å². The molecule has 3 atom stereocenters. The number of hydrogen-bond acceptors (Lipinski definition) is 3. The summed E-state index contributed by atoms with van der Waals surface area (Å²) < 4.78 is 5.73. The highest BCUT2D eigenvalue weighted by atomic mass is 16.5. The highest BCUT2D eigenvalue weighted by Gasteiger charge is 2.35. The molecular formula is C16H23NO2. The molecule has 1 heterocycles. The zero-order valence-corrected chi connectivity index (χ0v) is 11.6. The summed E-state index contributed by atoms with van der Waals surface area (Å²) in [5.41, 5.74) is 2.41. The van der Waals surface area contributed by atoms with E-state index in [1.807, 2.05) is 6.07 Å². The SMILES string of the molecule is CCN(CC1CCCO1)C1Cc2ccccc2C1O. The Morgan fingerprint density at radius 2 is 2.21 bits per heavy atom. The van der Waals surface area contributed by atoms with Crippen LogP contribution in [0.25, 0.3) is 0 Å². The number of likely N-dealkylation sites (N-methyl/N-ethyl adjacent to an activating group) is 1. The van der Waals surface area contributed by atoms with Gasteiger partial charge in [0.15, 0.2) is 0 Å². The minimum absolute atomic E-state index is 0.214. The monoisotopic (exact) mass is 261 g/mol. The van der Waals surface area contributed by atoms with Crippen LogP contribution in [0.3, 0.4) is 0 Å². The van der Waals surface area contributed by atoms with E-state index < -0.39 is 0 Å². The van der Waals surface area contributed by atoms with Crippen LogP contribution in [0.4, 0.5) is 0 Å². The quantitative estimate of drug-likeness (QED) is 0.901. The Morgan fingerprint density at radius 3 is 2.89 bits per heavy atom. The second kappa shape index (κ2) is 5.61. The van der Waals surface area contributed by atoms with Crippen molar-refractivity contribution in [3.05, 3.63) is 35.4 Å². The van der Waals surface area contributed by atoms with Gasteiger partial charge in [-0.25, -0.2) is 0 Å². The van der Waals surface area contributed by atoms with Gasteiger partial charge >= 0.3 is 0 Å². The average Bonchev–Trinajstić information content (AvgIpc) is 3.05. The van der Waals surface area contributed by atoms with Gasteiger partial charge < -0.3 is 9.84 Å². The highest BCUT2D eigenvalue weighted by Crippen LogP contribution is 2.34. The molecule has 1 saturated heterocycles. The van der Waals surface area contributed by atoms with Crippen molar-refractivity contribution < 1.29 is 9.84 Å². The number of fused-ring (bicyclic) bond motifs is 1. The fourth-order valence-corrected chi connectivity index (χ4v) is 3.43. The van der Waals surface area contributed by atoms with E-state index in [1.54, 1.807) is 0 Å². The largest absolute Gasteiger partial charge is 0.387 e. The third-order valence-corrected chi connectivity index (χ3v) is 4.50. The molecule has 1 aliphatic carbocycles. The molecule has 1 aliphatic heterocycles. The predicted octanol–water partition coefficient (Wildman–Crippen LogP) is 2.15. The molecule has 104 valence electrons. The molecule has 0 spiro atoms. The van der Waals surface area contributed by atoms with E-state index in [4.69, 9.17) is 4.74 Å². The molecule has 0 amide bonds. The lowest BCUT2D eigenvalue weighted by molar-refractivity contribution is 0.0199. The Labute approximate surface area is 115 Å². The van der Waals surface area contributed by atoms with Gasteiger partial charge in [-0.2, -0.15) is 0 Å². The van der Waals surface area contributed by atoms with Crippen LogP contribution in [0.15, 0.2) is 24.3 Å². The second-order valence-electron chi connectivity index (χ2n) is 5.64. The Bertz CT molecular complexity index is 429. The molecule has 2 aliphatic rings. The Hall–Kier alpha value is -0.900. The summed E-state index contributed by atoms with van der Waals surface area (Å²) in [7, 11) is 0. The Morgan fingerprint density at radius 1 is 1.37 bits per heavy atom. The van der Waals surface area contributed by atoms with Crippen LogP contribution in [0.2, 0.25) is 0 Å². The van der Waals surface area contributed by atoms with E-state index >= 15 is 0 Å². The maximum absolute atomic E-state index is 10.5. The van der Waals surface area contributed by atoms with Gasteiger partial charge in [0.25, 0.3) is 0 Å². The number of ether oxygens (including phenoxy) is 1. The first kappa shape index (κ1) is 13.1. The van der Waals surface area contributed by atoms with Crippen LogP contribution in [0, 0.1) is 0 Å². The fourth-order valence-electron chi connectivity index (χ4n) is 3.43. The number of aliphatic hydroxyl groups is 1. The topological polar surface area (TPSA) is 32.7 Å². The average molecular weight is 261 g/mol. The standard InChI is InChI=1S/C16H23NO2/c1-2-17(11-13-7-5-9-19-13)15-10-12-6-3-4-8-14(12)16(15)18/h3-4,6,8,13,15-16,18H,2,5,7,9-11H2,1H3. The predicted molar refractivity (Wildman–Crippen MR) is 75.1 cm³/mol. The van der Waals surface area contributed by atoms with Crippen molar-refractivity contribution in [1.82, 2.24) is 4.90 Å². The number of aliphatic hydroxyl groups excluding tert-OH is 1. The van der Waals surface area contributed by atoms with Crippen molar-refractivity contribution in [1.29, 1.82) is 0 Å². The van der Waals surface area contributed by atoms with Crippen LogP contribution in [-0.4, -0.2) is 41.8 Å². The molecule has 1 N–H and O–H groups in total. The van der Waals surface area contributed by atoms with Crippen molar-refractivity contribution in [2.24, 2.45) is 0 Å². The summed E-state index contributed by atoms with van der Waals surface area (Å²) in [5, 5.41) is 10.5. The van der Waals surface area contributed by atoms with Gasteiger partial charge in [0.05, 0.1) is 12.2 Å². The molecule has 0 radical (unpaired) electrons. The third kappa shape index (κ3) is 2.55. The molecular weight excluding hydrogens is 238 g/mol. The van der Waals surface area contributed by atoms with Crippen molar-refractivity contribution >= 4 is 0 Å². The fraction of sp³-hybridized carbons (Fsp3) is 0.625. The summed E-state index contributed by atoms with van der Waals surface area (Å²) in [5.74, 6) is 0. The van der Waals surface area contributed by atoms with Crippen LogP contribution in [0.1, 0.15) is 37.0 Å². The van der Waals surface area contributed by atoms with Crippen molar-refractivity contribution in [3.8, 4) is 0 Å². The van der Waals surface area contributed by atoms with Crippen LogP contribution >= 0.6 is 0 Å². The van der Waals surface area contributed by atoms with Crippen LogP contribution in [-0.2, 0) is 11.2 Å². The second-order valence-corrected chi connectivity index (χ2v) is 5.64.